The van der Waals surface area contributed by atoms with Crippen LogP contribution >= 0.6 is 21.8 Å². The molecule has 4 aliphatic rings. The zero-order chi connectivity index (χ0) is 28.7. The van der Waals surface area contributed by atoms with E-state index < -0.39 is 10.0 Å². The highest BCUT2D eigenvalue weighted by Gasteiger charge is 2.59. The Bertz CT molecular complexity index is 1670. The maximum Gasteiger partial charge on any atom is 0.0202 e. The van der Waals surface area contributed by atoms with Gasteiger partial charge in [-0.05, 0) is 111 Å². The van der Waals surface area contributed by atoms with Gasteiger partial charge >= 0.3 is 0 Å². The Morgan fingerprint density at radius 2 is 1.55 bits per heavy atom. The zero-order valence-electron chi connectivity index (χ0n) is 26.0. The summed E-state index contributed by atoms with van der Waals surface area (Å²) in [7, 11) is -0.943. The molecule has 7 atom stereocenters. The highest BCUT2D eigenvalue weighted by molar-refractivity contribution is 8.34. The molecule has 2 heteroatoms. The van der Waals surface area contributed by atoms with E-state index in [-0.39, 0.29) is 0 Å². The van der Waals surface area contributed by atoms with Crippen LogP contribution in [-0.2, 0) is 19.3 Å². The lowest BCUT2D eigenvalue weighted by Crippen LogP contribution is -2.35. The van der Waals surface area contributed by atoms with Crippen molar-refractivity contribution >= 4 is 32.6 Å². The second-order valence-corrected chi connectivity index (χ2v) is 19.3. The fourth-order valence-corrected chi connectivity index (χ4v) is 18.1. The Morgan fingerprint density at radius 3 is 2.38 bits per heavy atom. The quantitative estimate of drug-likeness (QED) is 0.223. The van der Waals surface area contributed by atoms with Crippen molar-refractivity contribution in [1.29, 1.82) is 0 Å². The molecule has 4 aromatic rings. The third-order valence-corrected chi connectivity index (χ3v) is 19.5. The highest BCUT2D eigenvalue weighted by Crippen LogP contribution is 2.77. The Kier molecular flexibility index (Phi) is 6.65. The summed E-state index contributed by atoms with van der Waals surface area (Å²) in [6.45, 7) is 13.0. The largest absolute Gasteiger partial charge is 0.231 e. The van der Waals surface area contributed by atoms with Crippen LogP contribution in [0.3, 0.4) is 0 Å². The van der Waals surface area contributed by atoms with E-state index in [1.165, 1.54) is 53.5 Å². The molecule has 0 spiro atoms. The Labute approximate surface area is 259 Å². The lowest BCUT2D eigenvalue weighted by atomic mass is 9.87. The zero-order valence-corrected chi connectivity index (χ0v) is 27.7. The second-order valence-electron chi connectivity index (χ2n) is 13.9. The average molecular weight is 591 g/mol. The molecule has 1 fully saturated rings. The van der Waals surface area contributed by atoms with Gasteiger partial charge in [0.1, 0.15) is 0 Å². The predicted octanol–water partition coefficient (Wildman–Crippen LogP) is 11.0. The summed E-state index contributed by atoms with van der Waals surface area (Å²) in [5.41, 5.74) is 11.7. The summed E-state index contributed by atoms with van der Waals surface area (Å²) in [4.78, 5) is 1.58. The smallest absolute Gasteiger partial charge is 0.0202 e. The maximum absolute atomic E-state index is 2.77. The topological polar surface area (TPSA) is 0 Å². The van der Waals surface area contributed by atoms with Gasteiger partial charge in [-0.2, -0.15) is 0 Å². The molecule has 1 saturated carbocycles. The minimum absolute atomic E-state index is 0.706. The number of thioether (sulfide) groups is 1. The van der Waals surface area contributed by atoms with Crippen LogP contribution in [0.5, 0.6) is 0 Å². The first kappa shape index (κ1) is 27.4. The van der Waals surface area contributed by atoms with E-state index in [1.54, 1.807) is 38.3 Å². The van der Waals surface area contributed by atoms with Crippen molar-refractivity contribution in [2.24, 2.45) is 17.8 Å². The minimum Gasteiger partial charge on any atom is -0.231 e. The van der Waals surface area contributed by atoms with Crippen molar-refractivity contribution in [3.8, 4) is 11.1 Å². The maximum atomic E-state index is 2.77. The van der Waals surface area contributed by atoms with Crippen molar-refractivity contribution in [3.63, 3.8) is 0 Å². The molecule has 4 aromatic carbocycles. The van der Waals surface area contributed by atoms with Gasteiger partial charge in [-0.15, -0.1) is 11.8 Å². The summed E-state index contributed by atoms with van der Waals surface area (Å²) in [5.74, 6) is 5.68. The van der Waals surface area contributed by atoms with Crippen LogP contribution in [0.4, 0.5) is 0 Å². The SMILES string of the molecule is CCS(CC)(C1c2cc3c(c(-c4cccc5ccccc45)c2CC1C)CCC3)C1C(C)C(C)C2Sc3ccccc3C21. The molecule has 3 aliphatic carbocycles. The van der Waals surface area contributed by atoms with Crippen LogP contribution in [0.15, 0.2) is 77.7 Å². The molecule has 8 rings (SSSR count). The van der Waals surface area contributed by atoms with Crippen LogP contribution in [0.1, 0.15) is 80.0 Å². The molecule has 0 nitrogen and oxygen atoms in total. The molecule has 0 amide bonds. The van der Waals surface area contributed by atoms with Gasteiger partial charge in [0.2, 0.25) is 0 Å². The predicted molar refractivity (Wildman–Crippen MR) is 187 cm³/mol. The van der Waals surface area contributed by atoms with Gasteiger partial charge in [0.25, 0.3) is 0 Å². The summed E-state index contributed by atoms with van der Waals surface area (Å²) in [6, 6.07) is 28.4. The Hall–Kier alpha value is -2.16. The van der Waals surface area contributed by atoms with Gasteiger partial charge in [0, 0.05) is 26.6 Å². The van der Waals surface area contributed by atoms with Crippen LogP contribution < -0.4 is 0 Å². The van der Waals surface area contributed by atoms with Crippen molar-refractivity contribution in [3.05, 3.63) is 101 Å². The monoisotopic (exact) mass is 590 g/mol. The van der Waals surface area contributed by atoms with Crippen molar-refractivity contribution in [2.45, 2.75) is 86.9 Å². The fraction of sp³-hybridized carbons (Fsp3) is 0.450. The van der Waals surface area contributed by atoms with E-state index in [1.807, 2.05) is 0 Å². The number of rotatable bonds is 5. The van der Waals surface area contributed by atoms with Crippen molar-refractivity contribution < 1.29 is 0 Å². The molecule has 7 unspecified atom stereocenters. The molecule has 0 saturated heterocycles. The molecule has 0 aromatic heterocycles. The summed E-state index contributed by atoms with van der Waals surface area (Å²) >= 11 is 2.22. The number of fused-ring (bicyclic) bond motifs is 6. The molecule has 1 heterocycles. The molecule has 42 heavy (non-hydrogen) atoms. The minimum atomic E-state index is -0.943. The lowest BCUT2D eigenvalue weighted by molar-refractivity contribution is 0.463. The van der Waals surface area contributed by atoms with Crippen LogP contribution in [0.25, 0.3) is 21.9 Å². The summed E-state index contributed by atoms with van der Waals surface area (Å²) in [6.07, 6.45) is 5.06. The van der Waals surface area contributed by atoms with Crippen molar-refractivity contribution in [1.82, 2.24) is 0 Å². The Balaban J connectivity index is 1.34. The molecule has 1 aliphatic heterocycles. The molecular weight excluding hydrogens is 545 g/mol. The van der Waals surface area contributed by atoms with E-state index >= 15 is 0 Å². The van der Waals surface area contributed by atoms with E-state index in [2.05, 4.69) is 119 Å². The first-order valence-corrected chi connectivity index (χ1v) is 19.6. The average Bonchev–Trinajstić information content (AvgIpc) is 3.77. The first-order valence-electron chi connectivity index (χ1n) is 16.7. The summed E-state index contributed by atoms with van der Waals surface area (Å²) in [5, 5.41) is 5.06. The van der Waals surface area contributed by atoms with Crippen LogP contribution in [0, 0.1) is 17.8 Å². The third kappa shape index (κ3) is 3.70. The fourth-order valence-electron chi connectivity index (χ4n) is 10.3. The van der Waals surface area contributed by atoms with E-state index in [4.69, 9.17) is 0 Å². The number of aryl methyl sites for hydroxylation is 1. The molecule has 218 valence electrons. The molecule has 0 radical (unpaired) electrons. The highest BCUT2D eigenvalue weighted by atomic mass is 32.3. The normalized spacial score (nSPS) is 29.9. The van der Waals surface area contributed by atoms with Gasteiger partial charge in [-0.3, -0.25) is 0 Å². The second kappa shape index (κ2) is 10.2. The number of hydrogen-bond donors (Lipinski definition) is 0. The van der Waals surface area contributed by atoms with E-state index in [0.29, 0.717) is 17.1 Å². The third-order valence-electron chi connectivity index (χ3n) is 12.2. The van der Waals surface area contributed by atoms with E-state index in [9.17, 15) is 0 Å². The number of hydrogen-bond acceptors (Lipinski definition) is 1. The lowest BCUT2D eigenvalue weighted by Gasteiger charge is -2.54. The van der Waals surface area contributed by atoms with Crippen molar-refractivity contribution in [2.75, 3.05) is 11.5 Å². The van der Waals surface area contributed by atoms with Gasteiger partial charge in [0.15, 0.2) is 0 Å². The van der Waals surface area contributed by atoms with Gasteiger partial charge in [-0.1, -0.05) is 101 Å². The van der Waals surface area contributed by atoms with Gasteiger partial charge in [0.05, 0.1) is 0 Å². The molecular formula is C40H46S2. The number of benzene rings is 4. The first-order chi connectivity index (χ1) is 20.5. The Morgan fingerprint density at radius 1 is 0.786 bits per heavy atom. The standard InChI is InChI=1S/C40H46S2/c1-6-42(7-2,40-26(5)25(4)38-37(40)32-18-10-11-21-35(32)41-38)39-24(3)22-33-34(39)23-28-16-13-19-30(28)36(33)31-20-12-15-27-14-8-9-17-29(27)31/h8-12,14-15,17-18,20-21,23-26,37-40H,6-7,13,16,19,22H2,1-5H3. The van der Waals surface area contributed by atoms with E-state index in [0.717, 1.165) is 22.3 Å². The molecule has 0 bridgehead atoms. The van der Waals surface area contributed by atoms with Gasteiger partial charge < -0.3 is 0 Å². The summed E-state index contributed by atoms with van der Waals surface area (Å²) < 4.78 is 0. The van der Waals surface area contributed by atoms with Crippen LogP contribution in [-0.4, -0.2) is 22.0 Å². The molecule has 0 N–H and O–H groups in total. The van der Waals surface area contributed by atoms with Crippen LogP contribution in [0.2, 0.25) is 0 Å². The van der Waals surface area contributed by atoms with Gasteiger partial charge in [-0.25, -0.2) is 10.0 Å².